The lowest BCUT2D eigenvalue weighted by Gasteiger charge is -2.36. The zero-order chi connectivity index (χ0) is 21.8. The summed E-state index contributed by atoms with van der Waals surface area (Å²) >= 11 is 0. The Morgan fingerprint density at radius 1 is 1.16 bits per heavy atom. The Kier molecular flexibility index (Phi) is 6.61. The Hall–Kier alpha value is -2.80. The third-order valence-electron chi connectivity index (χ3n) is 6.20. The number of hydrogen-bond acceptors (Lipinski definition) is 5. The van der Waals surface area contributed by atoms with E-state index in [1.165, 1.54) is 11.3 Å². The summed E-state index contributed by atoms with van der Waals surface area (Å²) in [6.45, 7) is 7.68. The van der Waals surface area contributed by atoms with Crippen molar-refractivity contribution in [3.63, 3.8) is 0 Å². The minimum Gasteiger partial charge on any atom is -0.465 e. The number of nitrogens with one attached hydrogen (secondary N) is 2. The van der Waals surface area contributed by atoms with E-state index >= 15 is 0 Å². The molecule has 31 heavy (non-hydrogen) atoms. The van der Waals surface area contributed by atoms with Crippen molar-refractivity contribution in [2.75, 3.05) is 31.1 Å². The normalized spacial score (nSPS) is 20.5. The van der Waals surface area contributed by atoms with Crippen molar-refractivity contribution in [2.24, 2.45) is 0 Å². The first-order chi connectivity index (χ1) is 15.0. The van der Waals surface area contributed by atoms with Crippen LogP contribution in [0.5, 0.6) is 0 Å². The van der Waals surface area contributed by atoms with Crippen LogP contribution >= 0.6 is 0 Å². The van der Waals surface area contributed by atoms with Gasteiger partial charge in [0, 0.05) is 37.9 Å². The Morgan fingerprint density at radius 3 is 2.68 bits per heavy atom. The number of benzene rings is 1. The van der Waals surface area contributed by atoms with Crippen LogP contribution in [0.2, 0.25) is 0 Å². The highest BCUT2D eigenvalue weighted by Crippen LogP contribution is 2.21. The first-order valence-corrected chi connectivity index (χ1v) is 11.2. The maximum Gasteiger partial charge on any atom is 0.237 e. The molecule has 2 amide bonds. The van der Waals surface area contributed by atoms with E-state index in [0.29, 0.717) is 19.6 Å². The molecule has 2 fully saturated rings. The fraction of sp³-hybridized carbons (Fsp3) is 0.500. The fourth-order valence-corrected chi connectivity index (χ4v) is 4.51. The Bertz CT molecular complexity index is 917. The second-order valence-corrected chi connectivity index (χ2v) is 8.66. The van der Waals surface area contributed by atoms with Crippen molar-refractivity contribution in [2.45, 2.75) is 51.7 Å². The number of amides is 2. The van der Waals surface area contributed by atoms with E-state index in [2.05, 4.69) is 46.7 Å². The molecule has 1 atom stereocenters. The minimum absolute atomic E-state index is 0.0586. The number of hydrogen-bond donors (Lipinski definition) is 2. The van der Waals surface area contributed by atoms with Crippen LogP contribution in [-0.4, -0.2) is 55.0 Å². The molecule has 166 valence electrons. The highest BCUT2D eigenvalue weighted by Gasteiger charge is 2.33. The number of carbonyl (C=O) groups excluding carboxylic acids is 2. The van der Waals surface area contributed by atoms with Gasteiger partial charge >= 0.3 is 0 Å². The van der Waals surface area contributed by atoms with Crippen molar-refractivity contribution in [3.05, 3.63) is 53.5 Å². The summed E-state index contributed by atoms with van der Waals surface area (Å²) in [5.41, 5.74) is 2.50. The summed E-state index contributed by atoms with van der Waals surface area (Å²) in [5.74, 6) is 1.53. The molecule has 2 aromatic rings. The first-order valence-electron chi connectivity index (χ1n) is 11.2. The molecule has 3 heterocycles. The maximum atomic E-state index is 12.8. The molecule has 0 unspecified atom stereocenters. The van der Waals surface area contributed by atoms with Gasteiger partial charge in [-0.05, 0) is 56.5 Å². The van der Waals surface area contributed by atoms with Gasteiger partial charge in [-0.15, -0.1) is 0 Å². The average molecular weight is 425 g/mol. The topological polar surface area (TPSA) is 77.8 Å². The molecular formula is C24H32N4O3. The van der Waals surface area contributed by atoms with Gasteiger partial charge in [-0.2, -0.15) is 0 Å². The third-order valence-corrected chi connectivity index (χ3v) is 6.20. The van der Waals surface area contributed by atoms with Crippen LogP contribution in [0.4, 0.5) is 5.69 Å². The molecule has 0 spiro atoms. The van der Waals surface area contributed by atoms with E-state index in [0.717, 1.165) is 37.5 Å². The Balaban J connectivity index is 1.29. The van der Waals surface area contributed by atoms with Crippen LogP contribution in [0.3, 0.4) is 0 Å². The van der Waals surface area contributed by atoms with Crippen molar-refractivity contribution >= 4 is 17.5 Å². The molecule has 0 aliphatic carbocycles. The van der Waals surface area contributed by atoms with E-state index in [1.807, 2.05) is 24.0 Å². The predicted molar refractivity (Wildman–Crippen MR) is 120 cm³/mol. The molecule has 0 bridgehead atoms. The highest BCUT2D eigenvalue weighted by atomic mass is 16.3. The van der Waals surface area contributed by atoms with Gasteiger partial charge in [0.1, 0.15) is 11.5 Å². The molecule has 2 N–H and O–H groups in total. The maximum absolute atomic E-state index is 12.8. The highest BCUT2D eigenvalue weighted by molar-refractivity contribution is 5.88. The van der Waals surface area contributed by atoms with E-state index in [-0.39, 0.29) is 24.3 Å². The van der Waals surface area contributed by atoms with Gasteiger partial charge in [0.05, 0.1) is 19.0 Å². The second-order valence-electron chi connectivity index (χ2n) is 8.66. The van der Waals surface area contributed by atoms with Gasteiger partial charge in [-0.25, -0.2) is 0 Å². The lowest BCUT2D eigenvalue weighted by molar-refractivity contribution is -0.134. The number of carbonyl (C=O) groups is 2. The summed E-state index contributed by atoms with van der Waals surface area (Å²) < 4.78 is 5.67. The van der Waals surface area contributed by atoms with Crippen molar-refractivity contribution in [1.82, 2.24) is 15.5 Å². The Labute approximate surface area is 183 Å². The zero-order valence-electron chi connectivity index (χ0n) is 18.4. The van der Waals surface area contributed by atoms with Crippen molar-refractivity contribution in [1.29, 1.82) is 0 Å². The zero-order valence-corrected chi connectivity index (χ0v) is 18.4. The van der Waals surface area contributed by atoms with Gasteiger partial charge in [-0.1, -0.05) is 12.1 Å². The summed E-state index contributed by atoms with van der Waals surface area (Å²) in [6, 6.07) is 12.1. The molecule has 7 nitrogen and oxygen atoms in total. The van der Waals surface area contributed by atoms with Gasteiger partial charge in [0.2, 0.25) is 11.8 Å². The number of nitrogens with zero attached hydrogens (tertiary/aromatic N) is 2. The number of aryl methyl sites for hydroxylation is 2. The van der Waals surface area contributed by atoms with E-state index in [1.54, 1.807) is 0 Å². The van der Waals surface area contributed by atoms with E-state index < -0.39 is 6.04 Å². The smallest absolute Gasteiger partial charge is 0.237 e. The molecule has 2 aliphatic heterocycles. The fourth-order valence-electron chi connectivity index (χ4n) is 4.51. The summed E-state index contributed by atoms with van der Waals surface area (Å²) in [4.78, 5) is 29.7. The van der Waals surface area contributed by atoms with Crippen LogP contribution in [0.25, 0.3) is 0 Å². The molecular weight excluding hydrogens is 392 g/mol. The van der Waals surface area contributed by atoms with Crippen LogP contribution in [0, 0.1) is 13.8 Å². The second kappa shape index (κ2) is 9.56. The van der Waals surface area contributed by atoms with Crippen LogP contribution in [0.15, 0.2) is 40.8 Å². The molecule has 1 aromatic carbocycles. The predicted octanol–water partition coefficient (Wildman–Crippen LogP) is 2.37. The molecule has 2 saturated heterocycles. The minimum atomic E-state index is -0.466. The number of piperazine rings is 1. The van der Waals surface area contributed by atoms with Gasteiger partial charge in [-0.3, -0.25) is 14.5 Å². The number of rotatable bonds is 6. The molecule has 4 rings (SSSR count). The van der Waals surface area contributed by atoms with E-state index in [9.17, 15) is 9.59 Å². The molecule has 1 aromatic heterocycles. The first kappa shape index (κ1) is 21.4. The lowest BCUT2D eigenvalue weighted by Crippen LogP contribution is -2.56. The number of piperidine rings is 1. The van der Waals surface area contributed by atoms with Crippen molar-refractivity contribution in [3.8, 4) is 0 Å². The summed E-state index contributed by atoms with van der Waals surface area (Å²) in [5, 5.41) is 6.06. The molecule has 0 radical (unpaired) electrons. The third kappa shape index (κ3) is 5.47. The number of furan rings is 1. The molecule has 0 saturated carbocycles. The Morgan fingerprint density at radius 2 is 1.97 bits per heavy atom. The van der Waals surface area contributed by atoms with E-state index in [4.69, 9.17) is 4.42 Å². The SMILES string of the molecule is Cc1cccc(N2CCC(NC(=O)C[C@@H]3C(=O)NCCN3Cc3ccc(C)o3)CC2)c1. The van der Waals surface area contributed by atoms with Gasteiger partial charge < -0.3 is 20.0 Å². The molecule has 2 aliphatic rings. The average Bonchev–Trinajstić information content (AvgIpc) is 3.16. The van der Waals surface area contributed by atoms with Crippen LogP contribution in [-0.2, 0) is 16.1 Å². The summed E-state index contributed by atoms with van der Waals surface area (Å²) in [6.07, 6.45) is 1.99. The number of anilines is 1. The molecule has 7 heteroatoms. The van der Waals surface area contributed by atoms with Crippen LogP contribution < -0.4 is 15.5 Å². The standard InChI is InChI=1S/C24H32N4O3/c1-17-4-3-5-20(14-17)27-11-8-19(9-12-27)26-23(29)15-22-24(30)25-10-13-28(22)16-21-7-6-18(2)31-21/h3-7,14,19,22H,8-13,15-16H2,1-2H3,(H,25,30)(H,26,29)/t22-/m1/s1. The van der Waals surface area contributed by atoms with Crippen molar-refractivity contribution < 1.29 is 14.0 Å². The van der Waals surface area contributed by atoms with Crippen LogP contribution in [0.1, 0.15) is 36.3 Å². The van der Waals surface area contributed by atoms with Gasteiger partial charge in [0.25, 0.3) is 0 Å². The largest absolute Gasteiger partial charge is 0.465 e. The summed E-state index contributed by atoms with van der Waals surface area (Å²) in [7, 11) is 0. The quantitative estimate of drug-likeness (QED) is 0.745. The monoisotopic (exact) mass is 424 g/mol. The van der Waals surface area contributed by atoms with Gasteiger partial charge in [0.15, 0.2) is 0 Å². The lowest BCUT2D eigenvalue weighted by atomic mass is 10.0.